The molecule has 0 spiro atoms. The molecule has 37 heavy (non-hydrogen) atoms. The Bertz CT molecular complexity index is 1480. The standard InChI is InChI=1S/C27H30ClFN8/c1-15-20(7-17(29)12-31-15)26(23-13-37(36-35-23)19-5-6-19)34-18-8-21-24(33-14-27(2,3)4)16(10-30)11-32-25(21)22(28)9-18/h7-9,11-13,19,26,34-36H,5-6,14H2,1-4H3,(H,32,33)/t26-/m0/s1/i26D. The van der Waals surface area contributed by atoms with Gasteiger partial charge >= 0.3 is 0 Å². The van der Waals surface area contributed by atoms with Crippen LogP contribution in [0.1, 0.15) is 57.8 Å². The predicted octanol–water partition coefficient (Wildman–Crippen LogP) is 5.54. The van der Waals surface area contributed by atoms with Gasteiger partial charge in [-0.15, -0.1) is 5.53 Å². The molecule has 0 unspecified atom stereocenters. The van der Waals surface area contributed by atoms with Crippen LogP contribution in [0.5, 0.6) is 0 Å². The maximum Gasteiger partial charge on any atom is 0.141 e. The highest BCUT2D eigenvalue weighted by molar-refractivity contribution is 6.35. The van der Waals surface area contributed by atoms with Crippen LogP contribution in [0.3, 0.4) is 0 Å². The summed E-state index contributed by atoms with van der Waals surface area (Å²) in [6.45, 7) is 8.65. The molecular weight excluding hydrogens is 491 g/mol. The Balaban J connectivity index is 1.63. The molecule has 0 amide bonds. The Morgan fingerprint density at radius 3 is 2.78 bits per heavy atom. The van der Waals surface area contributed by atoms with Gasteiger partial charge in [0.15, 0.2) is 0 Å². The smallest absolute Gasteiger partial charge is 0.141 e. The van der Waals surface area contributed by atoms with Crippen LogP contribution >= 0.6 is 11.6 Å². The van der Waals surface area contributed by atoms with Crippen LogP contribution in [0, 0.1) is 29.5 Å². The second-order valence-corrected chi connectivity index (χ2v) is 11.0. The van der Waals surface area contributed by atoms with E-state index in [9.17, 15) is 11.0 Å². The topological polar surface area (TPSA) is 101 Å². The van der Waals surface area contributed by atoms with Gasteiger partial charge in [-0.1, -0.05) is 32.4 Å². The van der Waals surface area contributed by atoms with Gasteiger partial charge in [0, 0.05) is 47.3 Å². The van der Waals surface area contributed by atoms with E-state index >= 15 is 0 Å². The van der Waals surface area contributed by atoms with E-state index in [1.807, 2.05) is 17.3 Å². The molecule has 1 aliphatic carbocycles. The number of aryl methyl sites for hydroxylation is 1. The lowest BCUT2D eigenvalue weighted by Gasteiger charge is -2.24. The zero-order valence-electron chi connectivity index (χ0n) is 22.2. The normalized spacial score (nSPS) is 17.5. The van der Waals surface area contributed by atoms with Gasteiger partial charge in [-0.2, -0.15) is 5.26 Å². The van der Waals surface area contributed by atoms with Crippen molar-refractivity contribution in [3.8, 4) is 6.07 Å². The molecule has 0 saturated heterocycles. The number of hydrazine groups is 2. The number of anilines is 2. The lowest BCUT2D eigenvalue weighted by atomic mass is 9.96. The van der Waals surface area contributed by atoms with E-state index in [2.05, 4.69) is 58.4 Å². The predicted molar refractivity (Wildman–Crippen MR) is 144 cm³/mol. The van der Waals surface area contributed by atoms with E-state index in [4.69, 9.17) is 11.6 Å². The molecule has 3 aromatic rings. The van der Waals surface area contributed by atoms with Crippen molar-refractivity contribution in [3.05, 3.63) is 70.2 Å². The highest BCUT2D eigenvalue weighted by Gasteiger charge is 2.33. The molecule has 1 atom stereocenters. The highest BCUT2D eigenvalue weighted by atomic mass is 35.5. The number of pyridine rings is 2. The van der Waals surface area contributed by atoms with Crippen LogP contribution in [0.2, 0.25) is 5.02 Å². The molecule has 1 aliphatic heterocycles. The van der Waals surface area contributed by atoms with E-state index < -0.39 is 11.8 Å². The third-order valence-electron chi connectivity index (χ3n) is 6.23. The molecule has 2 aliphatic rings. The first kappa shape index (κ1) is 23.8. The van der Waals surface area contributed by atoms with Crippen molar-refractivity contribution in [1.82, 2.24) is 25.9 Å². The van der Waals surface area contributed by atoms with Gasteiger partial charge < -0.3 is 16.1 Å². The van der Waals surface area contributed by atoms with Crippen molar-refractivity contribution in [2.24, 2.45) is 5.41 Å². The Morgan fingerprint density at radius 2 is 2.08 bits per heavy atom. The van der Waals surface area contributed by atoms with E-state index in [0.717, 1.165) is 19.0 Å². The number of nitrogens with one attached hydrogen (secondary N) is 4. The largest absolute Gasteiger partial charge is 0.383 e. The summed E-state index contributed by atoms with van der Waals surface area (Å²) in [5, 5.41) is 19.4. The molecule has 4 N–H and O–H groups in total. The molecule has 2 aromatic heterocycles. The number of rotatable bonds is 7. The SMILES string of the molecule is [2H][C@@](Nc1cc(Cl)c2ncc(C#N)c(NCC(C)(C)C)c2c1)(C1=CN(C2CC2)NN1)c1cc(F)cnc1C. The zero-order chi connectivity index (χ0) is 27.2. The number of benzene rings is 1. The third-order valence-corrected chi connectivity index (χ3v) is 6.52. The van der Waals surface area contributed by atoms with Crippen LogP contribution in [0.4, 0.5) is 15.8 Å². The summed E-state index contributed by atoms with van der Waals surface area (Å²) < 4.78 is 24.0. The number of hydrogen-bond acceptors (Lipinski definition) is 8. The fourth-order valence-corrected chi connectivity index (χ4v) is 4.42. The second-order valence-electron chi connectivity index (χ2n) is 10.6. The van der Waals surface area contributed by atoms with Gasteiger partial charge in [-0.3, -0.25) is 15.0 Å². The van der Waals surface area contributed by atoms with Crippen LogP contribution < -0.4 is 21.6 Å². The maximum atomic E-state index is 14.4. The average molecular weight is 522 g/mol. The minimum atomic E-state index is -1.65. The minimum absolute atomic E-state index is 0.0404. The van der Waals surface area contributed by atoms with Gasteiger partial charge in [0.25, 0.3) is 0 Å². The second kappa shape index (κ2) is 9.69. The van der Waals surface area contributed by atoms with Crippen molar-refractivity contribution in [2.45, 2.75) is 52.6 Å². The molecule has 8 nitrogen and oxygen atoms in total. The number of aromatic nitrogens is 2. The van der Waals surface area contributed by atoms with Crippen molar-refractivity contribution >= 4 is 33.9 Å². The molecule has 1 aromatic carbocycles. The fraction of sp³-hybridized carbons (Fsp3) is 0.370. The van der Waals surface area contributed by atoms with Gasteiger partial charge in [0.2, 0.25) is 0 Å². The maximum absolute atomic E-state index is 14.4. The number of hydrogen-bond donors (Lipinski definition) is 4. The Morgan fingerprint density at radius 1 is 1.30 bits per heavy atom. The highest BCUT2D eigenvalue weighted by Crippen LogP contribution is 2.37. The van der Waals surface area contributed by atoms with E-state index in [0.29, 0.717) is 62.4 Å². The molecule has 1 saturated carbocycles. The molecular formula is C27H30ClFN8. The van der Waals surface area contributed by atoms with Crippen LogP contribution in [0.25, 0.3) is 10.9 Å². The van der Waals surface area contributed by atoms with Crippen molar-refractivity contribution in [1.29, 1.82) is 5.26 Å². The summed E-state index contributed by atoms with van der Waals surface area (Å²) in [7, 11) is 0. The number of halogens is 2. The summed E-state index contributed by atoms with van der Waals surface area (Å²) in [5.74, 6) is -0.539. The third kappa shape index (κ3) is 5.41. The first-order chi connectivity index (χ1) is 18.0. The lowest BCUT2D eigenvalue weighted by Crippen LogP contribution is -2.38. The first-order valence-corrected chi connectivity index (χ1v) is 12.6. The molecule has 10 heteroatoms. The van der Waals surface area contributed by atoms with Crippen molar-refractivity contribution < 1.29 is 5.76 Å². The van der Waals surface area contributed by atoms with Gasteiger partial charge in [0.05, 0.1) is 41.1 Å². The van der Waals surface area contributed by atoms with Gasteiger partial charge in [0.1, 0.15) is 11.9 Å². The summed E-state index contributed by atoms with van der Waals surface area (Å²) in [6, 6.07) is 5.72. The van der Waals surface area contributed by atoms with Gasteiger partial charge in [-0.25, -0.2) is 4.39 Å². The lowest BCUT2D eigenvalue weighted by molar-refractivity contribution is 0.260. The number of nitriles is 1. The molecule has 5 rings (SSSR count). The molecule has 0 radical (unpaired) electrons. The van der Waals surface area contributed by atoms with E-state index in [-0.39, 0.29) is 5.41 Å². The summed E-state index contributed by atoms with van der Waals surface area (Å²) in [4.78, 5) is 8.59. The Hall–Kier alpha value is -3.61. The van der Waals surface area contributed by atoms with Crippen molar-refractivity contribution in [3.63, 3.8) is 0 Å². The molecule has 0 bridgehead atoms. The Kier molecular flexibility index (Phi) is 6.22. The number of fused-ring (bicyclic) bond motifs is 1. The van der Waals surface area contributed by atoms with Gasteiger partial charge in [-0.05, 0) is 43.4 Å². The van der Waals surface area contributed by atoms with Crippen molar-refractivity contribution in [2.75, 3.05) is 17.2 Å². The number of nitrogens with zero attached hydrogens (tertiary/aromatic N) is 4. The van der Waals surface area contributed by atoms with E-state index in [1.165, 1.54) is 12.3 Å². The molecule has 1 fully saturated rings. The van der Waals surface area contributed by atoms with E-state index in [1.54, 1.807) is 13.0 Å². The first-order valence-electron chi connectivity index (χ1n) is 12.7. The minimum Gasteiger partial charge on any atom is -0.383 e. The molecule has 3 heterocycles. The Labute approximate surface area is 222 Å². The fourth-order valence-electron chi connectivity index (χ4n) is 4.15. The quantitative estimate of drug-likeness (QED) is 0.321. The summed E-state index contributed by atoms with van der Waals surface area (Å²) in [6.07, 6.45) is 6.58. The van der Waals surface area contributed by atoms with Crippen LogP contribution in [0.15, 0.2) is 42.5 Å². The summed E-state index contributed by atoms with van der Waals surface area (Å²) in [5.41, 5.74) is 9.53. The monoisotopic (exact) mass is 521 g/mol. The van der Waals surface area contributed by atoms with Crippen LogP contribution in [-0.4, -0.2) is 27.6 Å². The molecule has 192 valence electrons. The summed E-state index contributed by atoms with van der Waals surface area (Å²) >= 11 is 6.69. The van der Waals surface area contributed by atoms with Crippen LogP contribution in [-0.2, 0) is 0 Å². The zero-order valence-corrected chi connectivity index (χ0v) is 22.0. The average Bonchev–Trinajstić information content (AvgIpc) is 3.59.